The Balaban J connectivity index is 2.53. The van der Waals surface area contributed by atoms with Gasteiger partial charge in [0, 0.05) is 13.6 Å². The summed E-state index contributed by atoms with van der Waals surface area (Å²) in [5.41, 5.74) is 6.53. The summed E-state index contributed by atoms with van der Waals surface area (Å²) < 4.78 is 1.77. The molecule has 0 fully saturated rings. The molecule has 0 aliphatic heterocycles. The molecular formula is C9H13N5S. The minimum absolute atomic E-state index is 0.475. The third kappa shape index (κ3) is 1.78. The summed E-state index contributed by atoms with van der Waals surface area (Å²) in [6, 6.07) is 0. The van der Waals surface area contributed by atoms with E-state index in [2.05, 4.69) is 15.1 Å². The molecule has 15 heavy (non-hydrogen) atoms. The average molecular weight is 223 g/mol. The topological polar surface area (TPSA) is 69.6 Å². The molecule has 0 saturated heterocycles. The number of aryl methyl sites for hydroxylation is 3. The van der Waals surface area contributed by atoms with Gasteiger partial charge >= 0.3 is 0 Å². The van der Waals surface area contributed by atoms with Gasteiger partial charge in [-0.25, -0.2) is 14.6 Å². The zero-order valence-corrected chi connectivity index (χ0v) is 9.80. The summed E-state index contributed by atoms with van der Waals surface area (Å²) >= 11 is 1.58. The number of hydrogen-bond acceptors (Lipinski definition) is 5. The molecule has 2 rings (SSSR count). The van der Waals surface area contributed by atoms with E-state index in [4.69, 9.17) is 5.73 Å². The minimum atomic E-state index is 0.475. The third-order valence-electron chi connectivity index (χ3n) is 2.09. The molecule has 0 saturated carbocycles. The van der Waals surface area contributed by atoms with E-state index >= 15 is 0 Å². The lowest BCUT2D eigenvalue weighted by atomic mass is 10.4. The molecule has 80 valence electrons. The van der Waals surface area contributed by atoms with Crippen LogP contribution < -0.4 is 5.73 Å². The van der Waals surface area contributed by atoms with Crippen molar-refractivity contribution in [1.29, 1.82) is 0 Å². The van der Waals surface area contributed by atoms with Crippen molar-refractivity contribution in [3.05, 3.63) is 16.5 Å². The van der Waals surface area contributed by atoms with Crippen molar-refractivity contribution >= 4 is 11.3 Å². The fourth-order valence-corrected chi connectivity index (χ4v) is 2.42. The van der Waals surface area contributed by atoms with Gasteiger partial charge in [0.2, 0.25) is 0 Å². The monoisotopic (exact) mass is 223 g/mol. The first kappa shape index (κ1) is 10.3. The Morgan fingerprint density at radius 1 is 1.33 bits per heavy atom. The van der Waals surface area contributed by atoms with E-state index in [1.54, 1.807) is 16.0 Å². The fraction of sp³-hybridized carbons (Fsp3) is 0.444. The molecule has 0 atom stereocenters. The molecule has 0 radical (unpaired) electrons. The summed E-state index contributed by atoms with van der Waals surface area (Å²) in [5.74, 6) is 1.64. The van der Waals surface area contributed by atoms with Crippen LogP contribution in [0.1, 0.15) is 16.5 Å². The van der Waals surface area contributed by atoms with Crippen LogP contribution in [0.4, 0.5) is 0 Å². The van der Waals surface area contributed by atoms with Crippen LogP contribution >= 0.6 is 11.3 Å². The molecule has 2 aromatic rings. The molecule has 2 heterocycles. The fourth-order valence-electron chi connectivity index (χ4n) is 1.46. The zero-order chi connectivity index (χ0) is 11.0. The molecular weight excluding hydrogens is 210 g/mol. The molecule has 0 bridgehead atoms. The van der Waals surface area contributed by atoms with Crippen LogP contribution in [-0.2, 0) is 13.6 Å². The number of rotatable bonds is 2. The van der Waals surface area contributed by atoms with Gasteiger partial charge in [0.25, 0.3) is 0 Å². The maximum Gasteiger partial charge on any atom is 0.170 e. The van der Waals surface area contributed by atoms with E-state index in [1.807, 2.05) is 20.9 Å². The summed E-state index contributed by atoms with van der Waals surface area (Å²) in [6.45, 7) is 4.32. The highest BCUT2D eigenvalue weighted by Gasteiger charge is 2.14. The molecule has 2 aromatic heterocycles. The molecule has 0 aliphatic carbocycles. The Morgan fingerprint density at radius 2 is 2.07 bits per heavy atom. The first-order chi connectivity index (χ1) is 7.11. The SMILES string of the molecule is Cc1nc(-c2sc(CN)nc2C)n(C)n1. The Kier molecular flexibility index (Phi) is 2.54. The number of hydrogen-bond donors (Lipinski definition) is 1. The Hall–Kier alpha value is -1.27. The third-order valence-corrected chi connectivity index (χ3v) is 3.26. The lowest BCUT2D eigenvalue weighted by molar-refractivity contribution is 0.764. The van der Waals surface area contributed by atoms with Gasteiger partial charge in [-0.1, -0.05) is 0 Å². The molecule has 5 nitrogen and oxygen atoms in total. The van der Waals surface area contributed by atoms with Crippen molar-refractivity contribution in [2.45, 2.75) is 20.4 Å². The first-order valence-corrected chi connectivity index (χ1v) is 5.48. The van der Waals surface area contributed by atoms with Gasteiger partial charge in [0.1, 0.15) is 10.8 Å². The number of aromatic nitrogens is 4. The average Bonchev–Trinajstić information content (AvgIpc) is 2.69. The lowest BCUT2D eigenvalue weighted by Crippen LogP contribution is -1.94. The molecule has 2 N–H and O–H groups in total. The van der Waals surface area contributed by atoms with E-state index in [9.17, 15) is 0 Å². The van der Waals surface area contributed by atoms with Gasteiger partial charge in [0.05, 0.1) is 10.6 Å². The second-order valence-corrected chi connectivity index (χ2v) is 4.42. The van der Waals surface area contributed by atoms with Crippen LogP contribution in [0.2, 0.25) is 0 Å². The molecule has 6 heteroatoms. The molecule has 0 aliphatic rings. The first-order valence-electron chi connectivity index (χ1n) is 4.66. The summed E-state index contributed by atoms with van der Waals surface area (Å²) in [4.78, 5) is 9.79. The van der Waals surface area contributed by atoms with Crippen molar-refractivity contribution < 1.29 is 0 Å². The Morgan fingerprint density at radius 3 is 2.53 bits per heavy atom. The molecule has 0 spiro atoms. The molecule has 0 amide bonds. The lowest BCUT2D eigenvalue weighted by Gasteiger charge is -1.95. The summed E-state index contributed by atoms with van der Waals surface area (Å²) in [7, 11) is 1.89. The summed E-state index contributed by atoms with van der Waals surface area (Å²) in [5, 5.41) is 5.15. The maximum atomic E-state index is 5.56. The van der Waals surface area contributed by atoms with E-state index in [-0.39, 0.29) is 0 Å². The highest BCUT2D eigenvalue weighted by atomic mass is 32.1. The second-order valence-electron chi connectivity index (χ2n) is 3.33. The van der Waals surface area contributed by atoms with Gasteiger partial charge in [-0.2, -0.15) is 5.10 Å². The quantitative estimate of drug-likeness (QED) is 0.825. The van der Waals surface area contributed by atoms with Crippen LogP contribution in [0.5, 0.6) is 0 Å². The van der Waals surface area contributed by atoms with Crippen LogP contribution in [0, 0.1) is 13.8 Å². The predicted molar refractivity (Wildman–Crippen MR) is 59.5 cm³/mol. The van der Waals surface area contributed by atoms with Crippen LogP contribution in [0.15, 0.2) is 0 Å². The van der Waals surface area contributed by atoms with E-state index < -0.39 is 0 Å². The number of thiazole rings is 1. The predicted octanol–water partition coefficient (Wildman–Crippen LogP) is 1.01. The number of nitrogens with two attached hydrogens (primary N) is 1. The van der Waals surface area contributed by atoms with E-state index in [0.717, 1.165) is 27.2 Å². The van der Waals surface area contributed by atoms with Gasteiger partial charge in [-0.15, -0.1) is 11.3 Å². The van der Waals surface area contributed by atoms with Gasteiger partial charge in [-0.3, -0.25) is 0 Å². The minimum Gasteiger partial charge on any atom is -0.325 e. The van der Waals surface area contributed by atoms with Gasteiger partial charge < -0.3 is 5.73 Å². The second kappa shape index (κ2) is 3.71. The highest BCUT2D eigenvalue weighted by Crippen LogP contribution is 2.27. The van der Waals surface area contributed by atoms with Crippen LogP contribution in [0.25, 0.3) is 10.7 Å². The van der Waals surface area contributed by atoms with Gasteiger partial charge in [-0.05, 0) is 13.8 Å². The summed E-state index contributed by atoms with van der Waals surface area (Å²) in [6.07, 6.45) is 0. The maximum absolute atomic E-state index is 5.56. The largest absolute Gasteiger partial charge is 0.325 e. The highest BCUT2D eigenvalue weighted by molar-refractivity contribution is 7.15. The smallest absolute Gasteiger partial charge is 0.170 e. The number of nitrogens with zero attached hydrogens (tertiary/aromatic N) is 4. The molecule has 0 unspecified atom stereocenters. The van der Waals surface area contributed by atoms with Crippen LogP contribution in [0.3, 0.4) is 0 Å². The molecule has 0 aromatic carbocycles. The van der Waals surface area contributed by atoms with E-state index in [1.165, 1.54) is 0 Å². The van der Waals surface area contributed by atoms with E-state index in [0.29, 0.717) is 6.54 Å². The normalized spacial score (nSPS) is 10.9. The van der Waals surface area contributed by atoms with Crippen molar-refractivity contribution in [1.82, 2.24) is 19.7 Å². The standard InChI is InChI=1S/C9H13N5S/c1-5-8(15-7(4-10)11-5)9-12-6(2)13-14(9)3/h4,10H2,1-3H3. The zero-order valence-electron chi connectivity index (χ0n) is 8.98. The van der Waals surface area contributed by atoms with Crippen LogP contribution in [-0.4, -0.2) is 19.7 Å². The van der Waals surface area contributed by atoms with Crippen molar-refractivity contribution in [2.24, 2.45) is 12.8 Å². The van der Waals surface area contributed by atoms with Crippen molar-refractivity contribution in [3.63, 3.8) is 0 Å². The van der Waals surface area contributed by atoms with Crippen molar-refractivity contribution in [2.75, 3.05) is 0 Å². The van der Waals surface area contributed by atoms with Crippen molar-refractivity contribution in [3.8, 4) is 10.7 Å². The Bertz CT molecular complexity index is 485. The van der Waals surface area contributed by atoms with Gasteiger partial charge in [0.15, 0.2) is 5.82 Å². The Labute approximate surface area is 92.0 Å².